The molecule has 0 aliphatic carbocycles. The number of ketones is 1. The topological polar surface area (TPSA) is 73.8 Å². The first kappa shape index (κ1) is 13.8. The van der Waals surface area contributed by atoms with Crippen LogP contribution in [0, 0.1) is 13.8 Å². The summed E-state index contributed by atoms with van der Waals surface area (Å²) in [5, 5.41) is 11.9. The van der Waals surface area contributed by atoms with Gasteiger partial charge >= 0.3 is 0 Å². The molecule has 0 spiro atoms. The maximum atomic E-state index is 12.0. The lowest BCUT2D eigenvalue weighted by Crippen LogP contribution is -2.00. The fourth-order valence-corrected chi connectivity index (χ4v) is 2.57. The summed E-state index contributed by atoms with van der Waals surface area (Å²) < 4.78 is 6.98. The number of carbonyl (C=O) groups excluding carboxylic acids is 1. The summed E-state index contributed by atoms with van der Waals surface area (Å²) in [6, 6.07) is 1.80. The molecule has 0 bridgehead atoms. The highest BCUT2D eigenvalue weighted by Gasteiger charge is 2.13. The third-order valence-electron chi connectivity index (χ3n) is 2.70. The van der Waals surface area contributed by atoms with E-state index in [9.17, 15) is 4.79 Å². The SMILES string of the molecule is Cc1cc(C(=O)CCCSc2nnnn2C)c(C)o1. The van der Waals surface area contributed by atoms with Crippen LogP contribution in [0.1, 0.15) is 34.7 Å². The number of Topliss-reactive ketones (excluding diaryl/α,β-unsaturated/α-hetero) is 1. The smallest absolute Gasteiger partial charge is 0.209 e. The molecule has 7 heteroatoms. The third-order valence-corrected chi connectivity index (χ3v) is 3.80. The van der Waals surface area contributed by atoms with Crippen molar-refractivity contribution in [2.75, 3.05) is 5.75 Å². The molecule has 0 N–H and O–H groups in total. The van der Waals surface area contributed by atoms with Crippen LogP contribution in [0.5, 0.6) is 0 Å². The molecule has 0 aliphatic heterocycles. The number of aromatic nitrogens is 4. The van der Waals surface area contributed by atoms with E-state index < -0.39 is 0 Å². The van der Waals surface area contributed by atoms with Gasteiger partial charge in [0.15, 0.2) is 5.78 Å². The van der Waals surface area contributed by atoms with Gasteiger partial charge in [0.2, 0.25) is 5.16 Å². The Kier molecular flexibility index (Phi) is 4.36. The normalized spacial score (nSPS) is 10.9. The molecule has 6 nitrogen and oxygen atoms in total. The fraction of sp³-hybridized carbons (Fsp3) is 0.500. The maximum Gasteiger partial charge on any atom is 0.209 e. The van der Waals surface area contributed by atoms with E-state index in [-0.39, 0.29) is 5.78 Å². The second kappa shape index (κ2) is 6.01. The second-order valence-electron chi connectivity index (χ2n) is 4.29. The minimum atomic E-state index is 0.131. The monoisotopic (exact) mass is 280 g/mol. The molecule has 0 aromatic carbocycles. The van der Waals surface area contributed by atoms with E-state index >= 15 is 0 Å². The van der Waals surface area contributed by atoms with Gasteiger partial charge in [0.1, 0.15) is 11.5 Å². The number of aryl methyl sites for hydroxylation is 3. The van der Waals surface area contributed by atoms with Gasteiger partial charge in [-0.25, -0.2) is 4.68 Å². The van der Waals surface area contributed by atoms with Crippen LogP contribution in [0.15, 0.2) is 15.6 Å². The van der Waals surface area contributed by atoms with E-state index in [2.05, 4.69) is 15.5 Å². The first-order valence-corrected chi connectivity index (χ1v) is 7.02. The summed E-state index contributed by atoms with van der Waals surface area (Å²) in [6.07, 6.45) is 1.30. The summed E-state index contributed by atoms with van der Waals surface area (Å²) in [5.74, 6) is 2.43. The Hall–Kier alpha value is -1.63. The molecule has 0 atom stereocenters. The summed E-state index contributed by atoms with van der Waals surface area (Å²) in [4.78, 5) is 12.0. The number of thioether (sulfide) groups is 1. The Bertz CT molecular complexity index is 576. The lowest BCUT2D eigenvalue weighted by Gasteiger charge is -2.00. The van der Waals surface area contributed by atoms with Crippen LogP contribution in [0.25, 0.3) is 0 Å². The summed E-state index contributed by atoms with van der Waals surface area (Å²) in [5.41, 5.74) is 0.697. The van der Waals surface area contributed by atoms with Gasteiger partial charge in [-0.2, -0.15) is 0 Å². The van der Waals surface area contributed by atoms with Gasteiger partial charge < -0.3 is 4.42 Å². The minimum absolute atomic E-state index is 0.131. The van der Waals surface area contributed by atoms with Crippen LogP contribution in [0.4, 0.5) is 0 Å². The van der Waals surface area contributed by atoms with Gasteiger partial charge in [-0.3, -0.25) is 4.79 Å². The summed E-state index contributed by atoms with van der Waals surface area (Å²) >= 11 is 1.55. The van der Waals surface area contributed by atoms with Gasteiger partial charge in [-0.05, 0) is 36.8 Å². The lowest BCUT2D eigenvalue weighted by molar-refractivity contribution is 0.0980. The number of carbonyl (C=O) groups is 1. The Morgan fingerprint density at radius 1 is 1.47 bits per heavy atom. The predicted molar refractivity (Wildman–Crippen MR) is 71.3 cm³/mol. The van der Waals surface area contributed by atoms with Crippen LogP contribution >= 0.6 is 11.8 Å². The van der Waals surface area contributed by atoms with Crippen LogP contribution < -0.4 is 0 Å². The minimum Gasteiger partial charge on any atom is -0.466 e. The molecule has 2 aromatic rings. The summed E-state index contributed by atoms with van der Waals surface area (Å²) in [7, 11) is 1.80. The van der Waals surface area contributed by atoms with Crippen LogP contribution in [0.3, 0.4) is 0 Å². The Labute approximate surface area is 115 Å². The average Bonchev–Trinajstić information content (AvgIpc) is 2.91. The number of hydrogen-bond acceptors (Lipinski definition) is 6. The quantitative estimate of drug-likeness (QED) is 0.458. The van der Waals surface area contributed by atoms with E-state index in [4.69, 9.17) is 4.42 Å². The molecule has 0 saturated heterocycles. The van der Waals surface area contributed by atoms with Crippen molar-refractivity contribution in [3.63, 3.8) is 0 Å². The molecule has 0 saturated carbocycles. The van der Waals surface area contributed by atoms with Crippen LogP contribution in [-0.2, 0) is 7.05 Å². The summed E-state index contributed by atoms with van der Waals surface area (Å²) in [6.45, 7) is 3.67. The zero-order chi connectivity index (χ0) is 13.8. The second-order valence-corrected chi connectivity index (χ2v) is 5.35. The number of tetrazole rings is 1. The highest BCUT2D eigenvalue weighted by atomic mass is 32.2. The molecule has 0 aliphatic rings. The number of furan rings is 1. The third kappa shape index (κ3) is 3.44. The molecule has 0 radical (unpaired) electrons. The van der Waals surface area contributed by atoms with Gasteiger partial charge in [0, 0.05) is 19.2 Å². The van der Waals surface area contributed by atoms with E-state index in [1.54, 1.807) is 29.6 Å². The molecular formula is C12H16N4O2S. The first-order valence-electron chi connectivity index (χ1n) is 6.03. The number of nitrogens with zero attached hydrogens (tertiary/aromatic N) is 4. The predicted octanol–water partition coefficient (Wildman–Crippen LogP) is 2.18. The van der Waals surface area contributed by atoms with Gasteiger partial charge in [0.05, 0.1) is 5.56 Å². The van der Waals surface area contributed by atoms with Crippen molar-refractivity contribution >= 4 is 17.5 Å². The molecule has 2 rings (SSSR count). The Balaban J connectivity index is 1.78. The number of hydrogen-bond donors (Lipinski definition) is 0. The highest BCUT2D eigenvalue weighted by Crippen LogP contribution is 2.18. The van der Waals surface area contributed by atoms with E-state index in [1.807, 2.05) is 13.8 Å². The van der Waals surface area contributed by atoms with Gasteiger partial charge in [-0.1, -0.05) is 11.8 Å². The molecule has 2 aromatic heterocycles. The van der Waals surface area contributed by atoms with Crippen molar-refractivity contribution in [3.8, 4) is 0 Å². The van der Waals surface area contributed by atoms with Crippen molar-refractivity contribution in [1.82, 2.24) is 20.2 Å². The molecule has 2 heterocycles. The average molecular weight is 280 g/mol. The van der Waals surface area contributed by atoms with E-state index in [1.165, 1.54) is 0 Å². The Morgan fingerprint density at radius 3 is 2.84 bits per heavy atom. The van der Waals surface area contributed by atoms with Crippen LogP contribution in [-0.4, -0.2) is 31.7 Å². The molecule has 19 heavy (non-hydrogen) atoms. The van der Waals surface area contributed by atoms with Crippen molar-refractivity contribution in [3.05, 3.63) is 23.2 Å². The van der Waals surface area contributed by atoms with Gasteiger partial charge in [-0.15, -0.1) is 5.10 Å². The van der Waals surface area contributed by atoms with Crippen molar-refractivity contribution in [1.29, 1.82) is 0 Å². The standard InChI is InChI=1S/C12H16N4O2S/c1-8-7-10(9(2)18-8)11(17)5-4-6-19-12-13-14-15-16(12)3/h7H,4-6H2,1-3H3. The molecule has 0 unspecified atom stereocenters. The largest absolute Gasteiger partial charge is 0.466 e. The van der Waals surface area contributed by atoms with E-state index in [0.717, 1.165) is 23.1 Å². The zero-order valence-corrected chi connectivity index (χ0v) is 12.0. The molecule has 0 amide bonds. The molecule has 102 valence electrons. The van der Waals surface area contributed by atoms with Crippen LogP contribution in [0.2, 0.25) is 0 Å². The lowest BCUT2D eigenvalue weighted by atomic mass is 10.1. The van der Waals surface area contributed by atoms with Crippen molar-refractivity contribution < 1.29 is 9.21 Å². The maximum absolute atomic E-state index is 12.0. The molecular weight excluding hydrogens is 264 g/mol. The highest BCUT2D eigenvalue weighted by molar-refractivity contribution is 7.99. The zero-order valence-electron chi connectivity index (χ0n) is 11.2. The molecule has 0 fully saturated rings. The fourth-order valence-electron chi connectivity index (χ4n) is 1.78. The van der Waals surface area contributed by atoms with Crippen molar-refractivity contribution in [2.45, 2.75) is 31.8 Å². The number of rotatable bonds is 6. The van der Waals surface area contributed by atoms with Crippen molar-refractivity contribution in [2.24, 2.45) is 7.05 Å². The Morgan fingerprint density at radius 2 is 2.26 bits per heavy atom. The first-order chi connectivity index (χ1) is 9.08. The van der Waals surface area contributed by atoms with Gasteiger partial charge in [0.25, 0.3) is 0 Å². The van der Waals surface area contributed by atoms with E-state index in [0.29, 0.717) is 17.7 Å².